The summed E-state index contributed by atoms with van der Waals surface area (Å²) >= 11 is 0. The number of ether oxygens (including phenoxy) is 1. The quantitative estimate of drug-likeness (QED) is 0.551. The van der Waals surface area contributed by atoms with Crippen molar-refractivity contribution in [2.45, 2.75) is 6.92 Å². The van der Waals surface area contributed by atoms with E-state index in [2.05, 4.69) is 10.5 Å². The number of anilines is 1. The topological polar surface area (TPSA) is 108 Å². The largest absolute Gasteiger partial charge is 0.507 e. The number of para-hydroxylation sites is 1. The molecule has 27 heavy (non-hydrogen) atoms. The molecule has 0 unspecified atom stereocenters. The number of amides is 1. The van der Waals surface area contributed by atoms with Gasteiger partial charge >= 0.3 is 0 Å². The number of carbonyl (C=O) groups is 1. The van der Waals surface area contributed by atoms with Gasteiger partial charge in [0.15, 0.2) is 0 Å². The molecule has 2 aromatic carbocycles. The number of aromatic hydroxyl groups is 1. The molecule has 144 valence electrons. The minimum atomic E-state index is -3.75. The number of nitrogens with one attached hydrogen (secondary N) is 1. The Labute approximate surface area is 158 Å². The van der Waals surface area contributed by atoms with Gasteiger partial charge in [0.05, 0.1) is 25.3 Å². The maximum Gasteiger partial charge on any atom is 0.260 e. The molecule has 0 radical (unpaired) electrons. The number of benzene rings is 2. The third-order valence-corrected chi connectivity index (χ3v) is 4.75. The maximum atomic E-state index is 12.2. The van der Waals surface area contributed by atoms with Gasteiger partial charge in [0.25, 0.3) is 5.91 Å². The minimum Gasteiger partial charge on any atom is -0.507 e. The van der Waals surface area contributed by atoms with Crippen molar-refractivity contribution in [1.82, 2.24) is 5.43 Å². The first-order chi connectivity index (χ1) is 12.7. The van der Waals surface area contributed by atoms with Gasteiger partial charge < -0.3 is 9.84 Å². The number of hydrogen-bond donors (Lipinski definition) is 2. The fourth-order valence-corrected chi connectivity index (χ4v) is 3.16. The Morgan fingerprint density at radius 2 is 2.00 bits per heavy atom. The third-order valence-electron chi connectivity index (χ3n) is 3.62. The van der Waals surface area contributed by atoms with Gasteiger partial charge in [-0.2, -0.15) is 5.10 Å². The van der Waals surface area contributed by atoms with Crippen LogP contribution in [0.25, 0.3) is 0 Å². The highest BCUT2D eigenvalue weighted by Crippen LogP contribution is 2.30. The summed E-state index contributed by atoms with van der Waals surface area (Å²) in [6, 6.07) is 11.5. The van der Waals surface area contributed by atoms with Gasteiger partial charge in [-0.05, 0) is 36.8 Å². The molecule has 0 aliphatic carbocycles. The van der Waals surface area contributed by atoms with Crippen molar-refractivity contribution in [3.63, 3.8) is 0 Å². The highest BCUT2D eigenvalue weighted by atomic mass is 32.2. The lowest BCUT2D eigenvalue weighted by molar-refractivity contribution is -0.119. The normalized spacial score (nSPS) is 11.4. The number of methoxy groups -OCH3 is 1. The fraction of sp³-hybridized carbons (Fsp3) is 0.222. The van der Waals surface area contributed by atoms with Gasteiger partial charge in [-0.25, -0.2) is 13.8 Å². The monoisotopic (exact) mass is 391 g/mol. The van der Waals surface area contributed by atoms with E-state index in [1.54, 1.807) is 43.3 Å². The summed E-state index contributed by atoms with van der Waals surface area (Å²) in [5.41, 5.74) is 3.75. The molecule has 8 nitrogen and oxygen atoms in total. The number of rotatable bonds is 7. The smallest absolute Gasteiger partial charge is 0.260 e. The molecule has 0 spiro atoms. The average Bonchev–Trinajstić information content (AvgIpc) is 2.60. The molecule has 0 heterocycles. The van der Waals surface area contributed by atoms with Crippen LogP contribution in [-0.4, -0.2) is 45.6 Å². The summed E-state index contributed by atoms with van der Waals surface area (Å²) in [6.07, 6.45) is 2.28. The zero-order valence-corrected chi connectivity index (χ0v) is 16.0. The van der Waals surface area contributed by atoms with E-state index in [-0.39, 0.29) is 11.4 Å². The van der Waals surface area contributed by atoms with Crippen LogP contribution in [0.5, 0.6) is 11.5 Å². The number of phenolic OH excluding ortho intramolecular Hbond substituents is 1. The summed E-state index contributed by atoms with van der Waals surface area (Å²) in [6.45, 7) is 1.33. The van der Waals surface area contributed by atoms with Crippen LogP contribution < -0.4 is 14.5 Å². The van der Waals surface area contributed by atoms with Gasteiger partial charge in [0.2, 0.25) is 10.0 Å². The Balaban J connectivity index is 2.19. The summed E-state index contributed by atoms with van der Waals surface area (Å²) in [5.74, 6) is -0.301. The molecular weight excluding hydrogens is 370 g/mol. The summed E-state index contributed by atoms with van der Waals surface area (Å²) < 4.78 is 30.6. The van der Waals surface area contributed by atoms with Crippen LogP contribution in [0.15, 0.2) is 47.6 Å². The lowest BCUT2D eigenvalue weighted by Crippen LogP contribution is -2.39. The molecule has 0 fully saturated rings. The summed E-state index contributed by atoms with van der Waals surface area (Å²) in [5, 5.41) is 13.4. The van der Waals surface area contributed by atoms with E-state index in [1.165, 1.54) is 19.4 Å². The number of sulfonamides is 1. The first-order valence-corrected chi connectivity index (χ1v) is 9.79. The fourth-order valence-electron chi connectivity index (χ4n) is 2.31. The zero-order chi connectivity index (χ0) is 20.0. The van der Waals surface area contributed by atoms with E-state index < -0.39 is 22.5 Å². The molecule has 9 heteroatoms. The second-order valence-electron chi connectivity index (χ2n) is 5.80. The van der Waals surface area contributed by atoms with Crippen LogP contribution >= 0.6 is 0 Å². The van der Waals surface area contributed by atoms with Crippen molar-refractivity contribution < 1.29 is 23.1 Å². The van der Waals surface area contributed by atoms with Crippen molar-refractivity contribution >= 4 is 27.8 Å². The van der Waals surface area contributed by atoms with Crippen LogP contribution in [0.2, 0.25) is 0 Å². The molecule has 0 atom stereocenters. The predicted molar refractivity (Wildman–Crippen MR) is 104 cm³/mol. The molecule has 0 saturated carbocycles. The van der Waals surface area contributed by atoms with Crippen LogP contribution in [-0.2, 0) is 14.8 Å². The average molecular weight is 391 g/mol. The lowest BCUT2D eigenvalue weighted by atomic mass is 10.2. The first-order valence-electron chi connectivity index (χ1n) is 7.94. The van der Waals surface area contributed by atoms with Crippen molar-refractivity contribution in [3.8, 4) is 11.5 Å². The van der Waals surface area contributed by atoms with E-state index >= 15 is 0 Å². The second kappa shape index (κ2) is 8.54. The van der Waals surface area contributed by atoms with Gasteiger partial charge in [-0.15, -0.1) is 0 Å². The highest BCUT2D eigenvalue weighted by molar-refractivity contribution is 7.92. The molecule has 1 amide bonds. The number of nitrogens with zero attached hydrogens (tertiary/aromatic N) is 2. The molecule has 0 aliphatic heterocycles. The van der Waals surface area contributed by atoms with E-state index in [9.17, 15) is 18.3 Å². The summed E-state index contributed by atoms with van der Waals surface area (Å²) in [7, 11) is -2.32. The van der Waals surface area contributed by atoms with Crippen LogP contribution in [0.4, 0.5) is 5.69 Å². The molecule has 0 saturated heterocycles. The molecule has 0 bridgehead atoms. The van der Waals surface area contributed by atoms with Crippen molar-refractivity contribution in [1.29, 1.82) is 0 Å². The van der Waals surface area contributed by atoms with Crippen molar-refractivity contribution in [2.75, 3.05) is 24.2 Å². The number of carbonyl (C=O) groups excluding carboxylic acids is 1. The van der Waals surface area contributed by atoms with E-state index in [0.717, 1.165) is 16.1 Å². The molecule has 2 aromatic rings. The van der Waals surface area contributed by atoms with Crippen LogP contribution in [0, 0.1) is 6.92 Å². The number of aryl methyl sites for hydroxylation is 1. The second-order valence-corrected chi connectivity index (χ2v) is 7.70. The number of phenols is 1. The Kier molecular flexibility index (Phi) is 6.40. The van der Waals surface area contributed by atoms with E-state index in [0.29, 0.717) is 11.3 Å². The van der Waals surface area contributed by atoms with E-state index in [1.807, 2.05) is 0 Å². The Hall–Kier alpha value is -3.07. The SMILES string of the molecule is COc1ccc(C)cc1N(CC(=O)N/N=C\c1ccccc1O)S(C)(=O)=O. The van der Waals surface area contributed by atoms with Gasteiger partial charge in [0, 0.05) is 5.56 Å². The molecule has 2 rings (SSSR count). The van der Waals surface area contributed by atoms with Gasteiger partial charge in [-0.3, -0.25) is 9.10 Å². The van der Waals surface area contributed by atoms with Crippen molar-refractivity contribution in [3.05, 3.63) is 53.6 Å². The third kappa shape index (κ3) is 5.45. The summed E-state index contributed by atoms with van der Waals surface area (Å²) in [4.78, 5) is 12.2. The molecule has 0 aromatic heterocycles. The van der Waals surface area contributed by atoms with Crippen molar-refractivity contribution in [2.24, 2.45) is 5.10 Å². The lowest BCUT2D eigenvalue weighted by Gasteiger charge is -2.23. The Morgan fingerprint density at radius 1 is 1.30 bits per heavy atom. The number of hydrogen-bond acceptors (Lipinski definition) is 6. The highest BCUT2D eigenvalue weighted by Gasteiger charge is 2.24. The molecular formula is C18H21N3O5S. The molecule has 2 N–H and O–H groups in total. The minimum absolute atomic E-state index is 0.0118. The first kappa shape index (κ1) is 20.2. The van der Waals surface area contributed by atoms with Crippen LogP contribution in [0.1, 0.15) is 11.1 Å². The predicted octanol–water partition coefficient (Wildman–Crippen LogP) is 1.63. The maximum absolute atomic E-state index is 12.2. The van der Waals surface area contributed by atoms with Gasteiger partial charge in [-0.1, -0.05) is 18.2 Å². The standard InChI is InChI=1S/C18H21N3O5S/c1-13-8-9-17(26-2)15(10-13)21(27(3,24)25)12-18(23)20-19-11-14-6-4-5-7-16(14)22/h4-11,22H,12H2,1-3H3,(H,20,23)/b19-11-. The number of hydrazone groups is 1. The van der Waals surface area contributed by atoms with E-state index in [4.69, 9.17) is 4.74 Å². The zero-order valence-electron chi connectivity index (χ0n) is 15.2. The van der Waals surface area contributed by atoms with Gasteiger partial charge in [0.1, 0.15) is 18.0 Å². The Morgan fingerprint density at radius 3 is 2.63 bits per heavy atom. The Bertz CT molecular complexity index is 957. The molecule has 0 aliphatic rings. The van der Waals surface area contributed by atoms with Crippen LogP contribution in [0.3, 0.4) is 0 Å².